The fraction of sp³-hybridized carbons (Fsp3) is 0.609. The van der Waals surface area contributed by atoms with Crippen molar-refractivity contribution >= 4 is 22.9 Å². The molecule has 2 heterocycles. The smallest absolute Gasteiger partial charge is 0.122 e. The van der Waals surface area contributed by atoms with Gasteiger partial charge >= 0.3 is 0 Å². The first-order valence-electron chi connectivity index (χ1n) is 10.9. The molecule has 30 heavy (non-hydrogen) atoms. The van der Waals surface area contributed by atoms with Crippen molar-refractivity contribution in [2.45, 2.75) is 56.8 Å². The Balaban J connectivity index is 1.23. The van der Waals surface area contributed by atoms with Crippen LogP contribution in [0.3, 0.4) is 0 Å². The summed E-state index contributed by atoms with van der Waals surface area (Å²) >= 11 is 7.89. The first kappa shape index (κ1) is 20.7. The van der Waals surface area contributed by atoms with Gasteiger partial charge in [0.05, 0.1) is 31.6 Å². The topological polar surface area (TPSA) is 71.8 Å². The lowest BCUT2D eigenvalue weighted by molar-refractivity contribution is 0.0333. The Bertz CT molecular complexity index is 886. The van der Waals surface area contributed by atoms with E-state index in [2.05, 4.69) is 11.1 Å². The van der Waals surface area contributed by atoms with Gasteiger partial charge in [0.2, 0.25) is 0 Å². The number of aliphatic hydroxyl groups is 2. The highest BCUT2D eigenvalue weighted by Gasteiger charge is 2.44. The quantitative estimate of drug-likeness (QED) is 0.668. The predicted molar refractivity (Wildman–Crippen MR) is 116 cm³/mol. The summed E-state index contributed by atoms with van der Waals surface area (Å²) < 4.78 is 12.3. The number of halogens is 1. The lowest BCUT2D eigenvalue weighted by Gasteiger charge is -2.24. The number of hydrogen-bond acceptors (Lipinski definition) is 6. The predicted octanol–water partition coefficient (Wildman–Crippen LogP) is 4.71. The first-order valence-corrected chi connectivity index (χ1v) is 12.1. The minimum absolute atomic E-state index is 0.0167. The van der Waals surface area contributed by atoms with E-state index in [1.165, 1.54) is 18.4 Å². The number of nitrogens with zero attached hydrogens (tertiary/aromatic N) is 1. The van der Waals surface area contributed by atoms with Crippen LogP contribution in [0.2, 0.25) is 5.02 Å². The zero-order valence-corrected chi connectivity index (χ0v) is 18.4. The summed E-state index contributed by atoms with van der Waals surface area (Å²) in [4.78, 5) is 4.49. The Hall–Kier alpha value is -1.18. The molecule has 2 aliphatic carbocycles. The molecule has 0 amide bonds. The van der Waals surface area contributed by atoms with E-state index in [0.29, 0.717) is 36.7 Å². The summed E-state index contributed by atoms with van der Waals surface area (Å²) in [6.45, 7) is 1.13. The maximum atomic E-state index is 10.7. The zero-order valence-electron chi connectivity index (χ0n) is 16.9. The molecule has 0 unspecified atom stereocenters. The van der Waals surface area contributed by atoms with Crippen LogP contribution in [0.1, 0.15) is 60.4 Å². The molecule has 2 saturated carbocycles. The van der Waals surface area contributed by atoms with E-state index in [9.17, 15) is 10.2 Å². The highest BCUT2D eigenvalue weighted by atomic mass is 35.5. The second-order valence-corrected chi connectivity index (χ2v) is 10.2. The maximum absolute atomic E-state index is 10.7. The molecule has 2 aromatic rings. The molecule has 5 nitrogen and oxygen atoms in total. The van der Waals surface area contributed by atoms with Gasteiger partial charge in [-0.15, -0.1) is 11.3 Å². The molecular formula is C23H28ClNO4S. The van der Waals surface area contributed by atoms with Crippen molar-refractivity contribution in [1.29, 1.82) is 0 Å². The number of ether oxygens (including phenoxy) is 2. The Morgan fingerprint density at radius 2 is 2.10 bits per heavy atom. The zero-order chi connectivity index (χ0) is 20.7. The fourth-order valence-electron chi connectivity index (χ4n) is 5.09. The van der Waals surface area contributed by atoms with Crippen LogP contribution in [0.15, 0.2) is 23.6 Å². The van der Waals surface area contributed by atoms with Crippen LogP contribution in [0.4, 0.5) is 0 Å². The highest BCUT2D eigenvalue weighted by Crippen LogP contribution is 2.46. The molecule has 5 rings (SSSR count). The summed E-state index contributed by atoms with van der Waals surface area (Å²) in [6.07, 6.45) is 4.67. The van der Waals surface area contributed by atoms with Gasteiger partial charge in [-0.25, -0.2) is 4.98 Å². The molecule has 0 spiro atoms. The Labute approximate surface area is 186 Å². The van der Waals surface area contributed by atoms with E-state index in [0.717, 1.165) is 35.0 Å². The SMILES string of the molecule is OCc1csc([C@H]2CC[C@H]3[C@@H](CO2)C[C@@H](O)[C@@H]3COc2ccc(Cl)c(C3CC3)c2)n1. The minimum Gasteiger partial charge on any atom is -0.493 e. The van der Waals surface area contributed by atoms with Gasteiger partial charge in [0, 0.05) is 16.3 Å². The van der Waals surface area contributed by atoms with Crippen molar-refractivity contribution in [2.24, 2.45) is 17.8 Å². The molecule has 3 aliphatic rings. The summed E-state index contributed by atoms with van der Waals surface area (Å²) in [5.74, 6) is 2.27. The molecule has 5 atom stereocenters. The second kappa shape index (κ2) is 8.75. The van der Waals surface area contributed by atoms with Gasteiger partial charge in [-0.2, -0.15) is 0 Å². The highest BCUT2D eigenvalue weighted by molar-refractivity contribution is 7.09. The van der Waals surface area contributed by atoms with E-state index in [1.54, 1.807) is 11.3 Å². The van der Waals surface area contributed by atoms with Crippen LogP contribution in [0, 0.1) is 17.8 Å². The average molecular weight is 450 g/mol. The van der Waals surface area contributed by atoms with E-state index < -0.39 is 0 Å². The van der Waals surface area contributed by atoms with Crippen molar-refractivity contribution < 1.29 is 19.7 Å². The lowest BCUT2D eigenvalue weighted by atomic mass is 9.86. The number of thiazole rings is 1. The molecule has 3 fully saturated rings. The van der Waals surface area contributed by atoms with Crippen LogP contribution < -0.4 is 4.74 Å². The third kappa shape index (κ3) is 4.26. The van der Waals surface area contributed by atoms with Crippen molar-refractivity contribution in [3.05, 3.63) is 44.9 Å². The van der Waals surface area contributed by atoms with Crippen LogP contribution >= 0.6 is 22.9 Å². The molecule has 2 N–H and O–H groups in total. The molecule has 0 bridgehead atoms. The van der Waals surface area contributed by atoms with E-state index in [1.807, 2.05) is 17.5 Å². The van der Waals surface area contributed by atoms with Gasteiger partial charge in [-0.3, -0.25) is 0 Å². The molecule has 1 aliphatic heterocycles. The molecule has 1 aromatic carbocycles. The number of rotatable bonds is 6. The van der Waals surface area contributed by atoms with Crippen molar-refractivity contribution in [3.8, 4) is 5.75 Å². The summed E-state index contributed by atoms with van der Waals surface area (Å²) in [5, 5.41) is 23.6. The van der Waals surface area contributed by atoms with E-state index in [-0.39, 0.29) is 24.7 Å². The Morgan fingerprint density at radius 1 is 1.23 bits per heavy atom. The number of aliphatic hydroxyl groups excluding tert-OH is 2. The monoisotopic (exact) mass is 449 g/mol. The molecule has 162 valence electrons. The molecule has 1 saturated heterocycles. The normalized spacial score (nSPS) is 31.4. The summed E-state index contributed by atoms with van der Waals surface area (Å²) in [7, 11) is 0. The third-order valence-corrected chi connectivity index (χ3v) is 8.23. The maximum Gasteiger partial charge on any atom is 0.122 e. The standard InChI is InChI=1S/C23H28ClNO4S/c24-20-5-3-16(8-18(20)13-1-2-13)28-11-19-17-4-6-22(23-25-15(9-26)12-30-23)29-10-14(17)7-21(19)27/h3,5,8,12-14,17,19,21-22,26-27H,1-2,4,6-7,9-11H2/t14-,17+,19-,21-,22-/m1/s1. The Kier molecular flexibility index (Phi) is 6.04. The van der Waals surface area contributed by atoms with Gasteiger partial charge in [0.1, 0.15) is 16.9 Å². The van der Waals surface area contributed by atoms with Crippen molar-refractivity contribution in [2.75, 3.05) is 13.2 Å². The summed E-state index contributed by atoms with van der Waals surface area (Å²) in [6, 6.07) is 5.93. The number of benzene rings is 1. The minimum atomic E-state index is -0.351. The van der Waals surface area contributed by atoms with Gasteiger partial charge in [-0.05, 0) is 73.6 Å². The molecule has 1 aromatic heterocycles. The first-order chi connectivity index (χ1) is 14.6. The van der Waals surface area contributed by atoms with Gasteiger partial charge < -0.3 is 19.7 Å². The number of aromatic nitrogens is 1. The van der Waals surface area contributed by atoms with Crippen LogP contribution in [-0.2, 0) is 11.3 Å². The van der Waals surface area contributed by atoms with Crippen LogP contribution in [0.5, 0.6) is 5.75 Å². The van der Waals surface area contributed by atoms with Crippen LogP contribution in [-0.4, -0.2) is 34.5 Å². The summed E-state index contributed by atoms with van der Waals surface area (Å²) in [5.41, 5.74) is 1.90. The van der Waals surface area contributed by atoms with Gasteiger partial charge in [0.15, 0.2) is 0 Å². The van der Waals surface area contributed by atoms with E-state index in [4.69, 9.17) is 21.1 Å². The molecule has 7 heteroatoms. The average Bonchev–Trinajstić information content (AvgIpc) is 3.45. The number of fused-ring (bicyclic) bond motifs is 1. The third-order valence-electron chi connectivity index (χ3n) is 6.90. The van der Waals surface area contributed by atoms with Crippen LogP contribution in [0.25, 0.3) is 0 Å². The Morgan fingerprint density at radius 3 is 2.87 bits per heavy atom. The molecule has 0 radical (unpaired) electrons. The molecular weight excluding hydrogens is 422 g/mol. The largest absolute Gasteiger partial charge is 0.493 e. The van der Waals surface area contributed by atoms with E-state index >= 15 is 0 Å². The van der Waals surface area contributed by atoms with Gasteiger partial charge in [-0.1, -0.05) is 11.6 Å². The van der Waals surface area contributed by atoms with Crippen molar-refractivity contribution in [1.82, 2.24) is 4.98 Å². The fourth-order valence-corrected chi connectivity index (χ4v) is 6.25. The second-order valence-electron chi connectivity index (χ2n) is 8.89. The van der Waals surface area contributed by atoms with Gasteiger partial charge in [0.25, 0.3) is 0 Å². The lowest BCUT2D eigenvalue weighted by Crippen LogP contribution is -2.27. The number of hydrogen-bond donors (Lipinski definition) is 2. The van der Waals surface area contributed by atoms with Crippen molar-refractivity contribution in [3.63, 3.8) is 0 Å².